The molecule has 2 amide bonds. The van der Waals surface area contributed by atoms with Crippen LogP contribution in [-0.2, 0) is 16.8 Å². The first-order chi connectivity index (χ1) is 23.8. The molecule has 5 aromatic rings. The SMILES string of the molecule is CCOc1c(CC(N)=O)cc([C@@](O)(CNC(=O)c2ccc3nc(C4CC4)oc3c2)c2cccc(F)c2)nc1-c1ccc2c(c1Cl)OC(F)(F)O2. The minimum absolute atomic E-state index is 0.0124. The minimum atomic E-state index is -3.98. The minimum Gasteiger partial charge on any atom is -0.491 e. The van der Waals surface area contributed by atoms with Crippen LogP contribution in [0.25, 0.3) is 22.4 Å². The van der Waals surface area contributed by atoms with Gasteiger partial charge in [-0.25, -0.2) is 14.4 Å². The van der Waals surface area contributed by atoms with Gasteiger partial charge in [0.2, 0.25) is 5.91 Å². The number of nitrogens with zero attached hydrogens (tertiary/aromatic N) is 2. The summed E-state index contributed by atoms with van der Waals surface area (Å²) >= 11 is 6.58. The van der Waals surface area contributed by atoms with Crippen molar-refractivity contribution in [1.29, 1.82) is 0 Å². The molecule has 1 fully saturated rings. The third kappa shape index (κ3) is 6.27. The summed E-state index contributed by atoms with van der Waals surface area (Å²) in [5.41, 5.74) is 4.42. The Morgan fingerprint density at radius 1 is 1.12 bits per heavy atom. The highest BCUT2D eigenvalue weighted by Gasteiger charge is 2.45. The van der Waals surface area contributed by atoms with Crippen molar-refractivity contribution in [1.82, 2.24) is 15.3 Å². The average Bonchev–Trinajstić information content (AvgIpc) is 3.75. The molecule has 11 nitrogen and oxygen atoms in total. The number of pyridine rings is 1. The number of rotatable bonds is 11. The Labute approximate surface area is 287 Å². The first kappa shape index (κ1) is 33.2. The van der Waals surface area contributed by atoms with Gasteiger partial charge in [-0.3, -0.25) is 9.59 Å². The van der Waals surface area contributed by atoms with Crippen molar-refractivity contribution >= 4 is 34.5 Å². The van der Waals surface area contributed by atoms with E-state index in [2.05, 4.69) is 24.8 Å². The molecule has 7 rings (SSSR count). The van der Waals surface area contributed by atoms with Crippen molar-refractivity contribution in [3.8, 4) is 28.5 Å². The molecule has 1 aliphatic carbocycles. The van der Waals surface area contributed by atoms with Gasteiger partial charge in [0.25, 0.3) is 5.91 Å². The second kappa shape index (κ2) is 12.5. The summed E-state index contributed by atoms with van der Waals surface area (Å²) in [5, 5.41) is 14.8. The Hall–Kier alpha value is -5.34. The first-order valence-corrected chi connectivity index (χ1v) is 15.9. The summed E-state index contributed by atoms with van der Waals surface area (Å²) in [6.45, 7) is 1.19. The summed E-state index contributed by atoms with van der Waals surface area (Å²) in [6.07, 6.45) is -2.42. The van der Waals surface area contributed by atoms with E-state index in [1.165, 1.54) is 42.5 Å². The van der Waals surface area contributed by atoms with Crippen LogP contribution in [0, 0.1) is 5.82 Å². The maximum Gasteiger partial charge on any atom is 0.586 e. The van der Waals surface area contributed by atoms with Gasteiger partial charge in [-0.1, -0.05) is 23.7 Å². The summed E-state index contributed by atoms with van der Waals surface area (Å²) < 4.78 is 63.5. The van der Waals surface area contributed by atoms with Crippen LogP contribution in [-0.4, -0.2) is 46.3 Å². The summed E-state index contributed by atoms with van der Waals surface area (Å²) in [4.78, 5) is 34.9. The van der Waals surface area contributed by atoms with Crippen molar-refractivity contribution in [3.05, 3.63) is 99.8 Å². The number of aliphatic hydroxyl groups is 1. The maximum atomic E-state index is 14.7. The molecular weight excluding hydrogens is 681 g/mol. The number of fused-ring (bicyclic) bond motifs is 2. The molecule has 2 aromatic heterocycles. The normalized spacial score (nSPS) is 15.9. The number of nitrogens with two attached hydrogens (primary N) is 1. The van der Waals surface area contributed by atoms with Gasteiger partial charge in [0.15, 0.2) is 23.0 Å². The van der Waals surface area contributed by atoms with Gasteiger partial charge in [0.05, 0.1) is 30.3 Å². The van der Waals surface area contributed by atoms with E-state index < -0.39 is 48.2 Å². The van der Waals surface area contributed by atoms with Gasteiger partial charge >= 0.3 is 6.29 Å². The van der Waals surface area contributed by atoms with E-state index in [9.17, 15) is 27.9 Å². The van der Waals surface area contributed by atoms with Crippen LogP contribution in [0.3, 0.4) is 0 Å². The lowest BCUT2D eigenvalue weighted by molar-refractivity contribution is -0.286. The van der Waals surface area contributed by atoms with Gasteiger partial charge in [-0.15, -0.1) is 8.78 Å². The molecule has 0 bridgehead atoms. The molecule has 1 atom stereocenters. The van der Waals surface area contributed by atoms with Crippen molar-refractivity contribution in [2.75, 3.05) is 13.2 Å². The lowest BCUT2D eigenvalue weighted by Gasteiger charge is -2.30. The highest BCUT2D eigenvalue weighted by molar-refractivity contribution is 6.35. The maximum absolute atomic E-state index is 14.7. The highest BCUT2D eigenvalue weighted by atomic mass is 35.5. The Morgan fingerprint density at radius 3 is 2.64 bits per heavy atom. The molecule has 1 aliphatic heterocycles. The number of amides is 2. The van der Waals surface area contributed by atoms with Gasteiger partial charge in [-0.2, -0.15) is 0 Å². The zero-order chi connectivity index (χ0) is 35.4. The van der Waals surface area contributed by atoms with Gasteiger partial charge in [0.1, 0.15) is 28.4 Å². The lowest BCUT2D eigenvalue weighted by atomic mass is 9.87. The number of hydrogen-bond donors (Lipinski definition) is 3. The van der Waals surface area contributed by atoms with Crippen molar-refractivity contribution in [2.24, 2.45) is 5.73 Å². The Kier molecular flexibility index (Phi) is 8.31. The van der Waals surface area contributed by atoms with E-state index in [-0.39, 0.29) is 62.7 Å². The first-order valence-electron chi connectivity index (χ1n) is 15.6. The molecule has 0 spiro atoms. The molecule has 15 heteroatoms. The Morgan fingerprint density at radius 2 is 1.92 bits per heavy atom. The molecule has 0 radical (unpaired) electrons. The molecule has 258 valence electrons. The number of alkyl halides is 2. The quantitative estimate of drug-likeness (QED) is 0.150. The van der Waals surface area contributed by atoms with Gasteiger partial charge < -0.3 is 34.8 Å². The molecule has 3 aromatic carbocycles. The number of carbonyl (C=O) groups excluding carboxylic acids is 2. The molecule has 0 saturated heterocycles. The summed E-state index contributed by atoms with van der Waals surface area (Å²) in [7, 11) is 0. The number of oxazole rings is 1. The predicted octanol–water partition coefficient (Wildman–Crippen LogP) is 5.97. The van der Waals surface area contributed by atoms with E-state index in [0.717, 1.165) is 18.9 Å². The molecular formula is C35H28ClF3N4O7. The van der Waals surface area contributed by atoms with Gasteiger partial charge in [-0.05, 0) is 73.9 Å². The second-order valence-corrected chi connectivity index (χ2v) is 12.3. The van der Waals surface area contributed by atoms with E-state index in [0.29, 0.717) is 17.0 Å². The van der Waals surface area contributed by atoms with Crippen LogP contribution < -0.4 is 25.3 Å². The van der Waals surface area contributed by atoms with Crippen LogP contribution in [0.4, 0.5) is 13.2 Å². The fourth-order valence-electron chi connectivity index (χ4n) is 5.75. The number of carbonyl (C=O) groups is 2. The van der Waals surface area contributed by atoms with Crippen LogP contribution in [0.2, 0.25) is 5.02 Å². The highest BCUT2D eigenvalue weighted by Crippen LogP contribution is 2.51. The largest absolute Gasteiger partial charge is 0.586 e. The third-order valence-electron chi connectivity index (χ3n) is 8.29. The van der Waals surface area contributed by atoms with Crippen LogP contribution in [0.5, 0.6) is 17.2 Å². The smallest absolute Gasteiger partial charge is 0.491 e. The lowest BCUT2D eigenvalue weighted by Crippen LogP contribution is -2.42. The number of aromatic nitrogens is 2. The predicted molar refractivity (Wildman–Crippen MR) is 173 cm³/mol. The molecule has 0 unspecified atom stereocenters. The number of hydrogen-bond acceptors (Lipinski definition) is 9. The third-order valence-corrected chi connectivity index (χ3v) is 8.67. The molecule has 2 aliphatic rings. The zero-order valence-corrected chi connectivity index (χ0v) is 27.0. The number of primary amides is 1. The Bertz CT molecular complexity index is 2170. The average molecular weight is 709 g/mol. The van der Waals surface area contributed by atoms with E-state index in [4.69, 9.17) is 26.5 Å². The van der Waals surface area contributed by atoms with E-state index >= 15 is 0 Å². The molecule has 4 N–H and O–H groups in total. The summed E-state index contributed by atoms with van der Waals surface area (Å²) in [5.74, 6) is -1.99. The number of ether oxygens (including phenoxy) is 3. The molecule has 1 saturated carbocycles. The topological polar surface area (TPSA) is 159 Å². The summed E-state index contributed by atoms with van der Waals surface area (Å²) in [6, 6.07) is 13.6. The fourth-order valence-corrected chi connectivity index (χ4v) is 6.04. The van der Waals surface area contributed by atoms with E-state index in [1.54, 1.807) is 19.1 Å². The Balaban J connectivity index is 1.33. The number of benzene rings is 3. The van der Waals surface area contributed by atoms with Crippen molar-refractivity contribution < 1.29 is 46.5 Å². The fraction of sp³-hybridized carbons (Fsp3) is 0.257. The number of halogens is 4. The van der Waals surface area contributed by atoms with Crippen LogP contribution in [0.1, 0.15) is 58.8 Å². The van der Waals surface area contributed by atoms with Gasteiger partial charge in [0, 0.05) is 22.6 Å². The van der Waals surface area contributed by atoms with Crippen LogP contribution in [0.15, 0.2) is 65.1 Å². The van der Waals surface area contributed by atoms with Crippen molar-refractivity contribution in [2.45, 2.75) is 44.0 Å². The standard InChI is InChI=1S/C35H28ClF3N4O7/c1-2-47-30-19(14-27(40)44)13-26(43-29(30)22-9-11-24-31(28(22)36)50-35(38,39)49-24)34(46,20-4-3-5-21(37)15-20)16-41-32(45)18-8-10-23-25(12-18)48-33(42-23)17-6-7-17/h3-5,8-13,15,17,46H,2,6-7,14,16H2,1H3,(H2,40,44)(H,41,45)/t34-/m1/s1. The van der Waals surface area contributed by atoms with Crippen LogP contribution >= 0.6 is 11.6 Å². The molecule has 3 heterocycles. The van der Waals surface area contributed by atoms with Crippen molar-refractivity contribution in [3.63, 3.8) is 0 Å². The van der Waals surface area contributed by atoms with E-state index in [1.807, 2.05) is 0 Å². The number of nitrogens with one attached hydrogen (secondary N) is 1. The zero-order valence-electron chi connectivity index (χ0n) is 26.3. The second-order valence-electron chi connectivity index (χ2n) is 11.9. The molecule has 50 heavy (non-hydrogen) atoms. The monoisotopic (exact) mass is 708 g/mol.